The van der Waals surface area contributed by atoms with Gasteiger partial charge in [-0.05, 0) is 23.4 Å². The van der Waals surface area contributed by atoms with Crippen molar-refractivity contribution in [1.29, 1.82) is 0 Å². The van der Waals surface area contributed by atoms with Gasteiger partial charge in [-0.2, -0.15) is 5.10 Å². The second-order valence-electron chi connectivity index (χ2n) is 4.04. The van der Waals surface area contributed by atoms with Crippen molar-refractivity contribution in [2.45, 2.75) is 17.9 Å². The number of thiophene rings is 1. The minimum absolute atomic E-state index is 0.159. The highest BCUT2D eigenvalue weighted by Gasteiger charge is 2.18. The second kappa shape index (κ2) is 5.83. The first-order chi connectivity index (χ1) is 9.03. The fourth-order valence-electron chi connectivity index (χ4n) is 1.69. The zero-order valence-corrected chi connectivity index (χ0v) is 12.0. The molecule has 0 saturated carbocycles. The van der Waals surface area contributed by atoms with Gasteiger partial charge in [-0.15, -0.1) is 11.3 Å². The first kappa shape index (κ1) is 14.2. The van der Waals surface area contributed by atoms with E-state index < -0.39 is 10.0 Å². The van der Waals surface area contributed by atoms with Crippen LogP contribution in [0.15, 0.2) is 28.7 Å². The summed E-state index contributed by atoms with van der Waals surface area (Å²) in [6.45, 7) is 0.0330. The summed E-state index contributed by atoms with van der Waals surface area (Å²) in [4.78, 5) is 0.611. The molecule has 2 heterocycles. The van der Waals surface area contributed by atoms with Crippen molar-refractivity contribution in [1.82, 2.24) is 14.5 Å². The van der Waals surface area contributed by atoms with E-state index in [-0.39, 0.29) is 11.5 Å². The first-order valence-corrected chi connectivity index (χ1v) is 8.03. The average molecular weight is 301 g/mol. The molecule has 6 nitrogen and oxygen atoms in total. The molecule has 0 bridgehead atoms. The van der Waals surface area contributed by atoms with Gasteiger partial charge in [0, 0.05) is 24.7 Å². The third kappa shape index (κ3) is 3.41. The minimum atomic E-state index is -3.55. The summed E-state index contributed by atoms with van der Waals surface area (Å²) in [5.74, 6) is 0. The summed E-state index contributed by atoms with van der Waals surface area (Å²) >= 11 is 1.23. The van der Waals surface area contributed by atoms with Crippen LogP contribution >= 0.6 is 11.3 Å². The van der Waals surface area contributed by atoms with E-state index in [1.54, 1.807) is 16.3 Å². The van der Waals surface area contributed by atoms with E-state index in [1.165, 1.54) is 17.4 Å². The molecule has 0 aliphatic carbocycles. The Balaban J connectivity index is 1.98. The van der Waals surface area contributed by atoms with Crippen LogP contribution in [0, 0.1) is 0 Å². The number of aliphatic hydroxyl groups excluding tert-OH is 1. The van der Waals surface area contributed by atoms with Crippen molar-refractivity contribution in [3.05, 3.63) is 34.3 Å². The van der Waals surface area contributed by atoms with E-state index in [4.69, 9.17) is 5.11 Å². The highest BCUT2D eigenvalue weighted by Crippen LogP contribution is 2.21. The van der Waals surface area contributed by atoms with Crippen molar-refractivity contribution in [2.75, 3.05) is 6.54 Å². The zero-order valence-electron chi connectivity index (χ0n) is 10.4. The topological polar surface area (TPSA) is 84.2 Å². The molecule has 0 aliphatic rings. The Hall–Kier alpha value is -1.22. The van der Waals surface area contributed by atoms with Crippen LogP contribution in [0.5, 0.6) is 0 Å². The van der Waals surface area contributed by atoms with Crippen LogP contribution in [0.2, 0.25) is 0 Å². The Kier molecular flexibility index (Phi) is 4.35. The number of aromatic nitrogens is 2. The summed E-state index contributed by atoms with van der Waals surface area (Å²) in [5.41, 5.74) is 0.970. The smallest absolute Gasteiger partial charge is 0.241 e. The zero-order chi connectivity index (χ0) is 13.9. The Morgan fingerprint density at radius 1 is 1.53 bits per heavy atom. The van der Waals surface area contributed by atoms with Gasteiger partial charge in [0.05, 0.1) is 17.7 Å². The van der Waals surface area contributed by atoms with Crippen molar-refractivity contribution < 1.29 is 13.5 Å². The first-order valence-electron chi connectivity index (χ1n) is 5.67. The summed E-state index contributed by atoms with van der Waals surface area (Å²) in [6, 6.07) is 1.50. The molecular formula is C11H15N3O3S2. The van der Waals surface area contributed by atoms with Crippen LogP contribution in [0.4, 0.5) is 0 Å². The predicted octanol–water partition coefficient (Wildman–Crippen LogP) is 0.495. The lowest BCUT2D eigenvalue weighted by atomic mass is 10.3. The molecule has 2 aromatic rings. The lowest BCUT2D eigenvalue weighted by Gasteiger charge is -2.05. The van der Waals surface area contributed by atoms with Gasteiger partial charge < -0.3 is 5.11 Å². The number of hydrogen-bond donors (Lipinski definition) is 2. The van der Waals surface area contributed by atoms with E-state index in [9.17, 15) is 8.42 Å². The highest BCUT2D eigenvalue weighted by molar-refractivity contribution is 7.89. The van der Waals surface area contributed by atoms with Gasteiger partial charge in [0.2, 0.25) is 10.0 Å². The van der Waals surface area contributed by atoms with Crippen molar-refractivity contribution in [3.63, 3.8) is 0 Å². The second-order valence-corrected chi connectivity index (χ2v) is 6.77. The fraction of sp³-hybridized carbons (Fsp3) is 0.364. The molecule has 8 heteroatoms. The molecule has 2 aromatic heterocycles. The van der Waals surface area contributed by atoms with E-state index in [1.807, 2.05) is 13.2 Å². The van der Waals surface area contributed by atoms with Crippen LogP contribution < -0.4 is 4.72 Å². The molecule has 0 atom stereocenters. The van der Waals surface area contributed by atoms with Crippen LogP contribution in [0.3, 0.4) is 0 Å². The molecule has 0 amide bonds. The average Bonchev–Trinajstić information content (AvgIpc) is 2.97. The van der Waals surface area contributed by atoms with Gasteiger partial charge in [-0.1, -0.05) is 0 Å². The molecule has 104 valence electrons. The molecule has 19 heavy (non-hydrogen) atoms. The summed E-state index contributed by atoms with van der Waals surface area (Å²) in [7, 11) is -1.74. The fourth-order valence-corrected chi connectivity index (χ4v) is 4.02. The highest BCUT2D eigenvalue weighted by atomic mass is 32.2. The number of nitrogens with zero attached hydrogens (tertiary/aromatic N) is 2. The maximum Gasteiger partial charge on any atom is 0.241 e. The van der Waals surface area contributed by atoms with Gasteiger partial charge in [0.25, 0.3) is 0 Å². The van der Waals surface area contributed by atoms with Crippen molar-refractivity contribution in [2.24, 2.45) is 7.05 Å². The standard InChI is InChI=1S/C11H15N3O3S2/c1-14-7-9(6-12-14)2-4-13-19(16,17)11-3-5-18-10(11)8-15/h3,5-7,13,15H,2,4,8H2,1H3. The lowest BCUT2D eigenvalue weighted by molar-refractivity contribution is 0.282. The van der Waals surface area contributed by atoms with E-state index in [2.05, 4.69) is 9.82 Å². The Bertz CT molecular complexity index is 646. The molecule has 0 unspecified atom stereocenters. The van der Waals surface area contributed by atoms with Crippen molar-refractivity contribution in [3.8, 4) is 0 Å². The number of nitrogens with one attached hydrogen (secondary N) is 1. The molecule has 0 radical (unpaired) electrons. The number of aliphatic hydroxyl groups is 1. The van der Waals surface area contributed by atoms with E-state index >= 15 is 0 Å². The maximum atomic E-state index is 12.0. The van der Waals surface area contributed by atoms with Crippen molar-refractivity contribution >= 4 is 21.4 Å². The van der Waals surface area contributed by atoms with Gasteiger partial charge in [-0.25, -0.2) is 13.1 Å². The Morgan fingerprint density at radius 2 is 2.32 bits per heavy atom. The third-order valence-corrected chi connectivity index (χ3v) is 5.18. The minimum Gasteiger partial charge on any atom is -0.391 e. The van der Waals surface area contributed by atoms with Crippen LogP contribution in [0.25, 0.3) is 0 Å². The van der Waals surface area contributed by atoms with Crippen LogP contribution in [-0.4, -0.2) is 29.8 Å². The summed E-state index contributed by atoms with van der Waals surface area (Å²) in [5, 5.41) is 14.8. The van der Waals surface area contributed by atoms with Gasteiger partial charge in [0.1, 0.15) is 0 Å². The Labute approximate surface area is 115 Å². The lowest BCUT2D eigenvalue weighted by Crippen LogP contribution is -2.26. The third-order valence-electron chi connectivity index (χ3n) is 2.60. The number of hydrogen-bond acceptors (Lipinski definition) is 5. The number of sulfonamides is 1. The quantitative estimate of drug-likeness (QED) is 0.813. The summed E-state index contributed by atoms with van der Waals surface area (Å²) in [6.07, 6.45) is 4.13. The molecule has 0 aromatic carbocycles. The molecule has 0 aliphatic heterocycles. The normalized spacial score (nSPS) is 11.9. The predicted molar refractivity (Wildman–Crippen MR) is 72.3 cm³/mol. The molecule has 0 spiro atoms. The van der Waals surface area contributed by atoms with Gasteiger partial charge in [0.15, 0.2) is 0 Å². The SMILES string of the molecule is Cn1cc(CCNS(=O)(=O)c2ccsc2CO)cn1. The molecule has 2 rings (SSSR count). The maximum absolute atomic E-state index is 12.0. The van der Waals surface area contributed by atoms with Crippen LogP contribution in [0.1, 0.15) is 10.4 Å². The molecule has 2 N–H and O–H groups in total. The molecule has 0 fully saturated rings. The molecule has 0 saturated heterocycles. The Morgan fingerprint density at radius 3 is 2.95 bits per heavy atom. The van der Waals surface area contributed by atoms with E-state index in [0.717, 1.165) is 5.56 Å². The van der Waals surface area contributed by atoms with Gasteiger partial charge >= 0.3 is 0 Å². The number of aryl methyl sites for hydroxylation is 1. The van der Waals surface area contributed by atoms with E-state index in [0.29, 0.717) is 17.8 Å². The van der Waals surface area contributed by atoms with Gasteiger partial charge in [-0.3, -0.25) is 4.68 Å². The molecular weight excluding hydrogens is 286 g/mol. The largest absolute Gasteiger partial charge is 0.391 e. The number of rotatable bonds is 6. The monoisotopic (exact) mass is 301 g/mol. The van der Waals surface area contributed by atoms with Crippen LogP contribution in [-0.2, 0) is 30.1 Å². The summed E-state index contributed by atoms with van der Waals surface area (Å²) < 4.78 is 28.3.